The third-order valence-electron chi connectivity index (χ3n) is 2.81. The summed E-state index contributed by atoms with van der Waals surface area (Å²) in [7, 11) is 0. The average Bonchev–Trinajstić information content (AvgIpc) is 2.46. The van der Waals surface area contributed by atoms with E-state index in [9.17, 15) is 13.6 Å². The van der Waals surface area contributed by atoms with Gasteiger partial charge in [0.2, 0.25) is 5.82 Å². The predicted molar refractivity (Wildman–Crippen MR) is 75.9 cm³/mol. The number of hydrogen-bond acceptors (Lipinski definition) is 3. The molecule has 0 spiro atoms. The summed E-state index contributed by atoms with van der Waals surface area (Å²) in [4.78, 5) is 12.0. The second-order valence-electron chi connectivity index (χ2n) is 4.39. The molecule has 2 aromatic rings. The van der Waals surface area contributed by atoms with Gasteiger partial charge in [-0.1, -0.05) is 18.2 Å². The summed E-state index contributed by atoms with van der Waals surface area (Å²) in [6.07, 6.45) is -1.01. The largest absolute Gasteiger partial charge is 0.478 e. The van der Waals surface area contributed by atoms with Gasteiger partial charge >= 0.3 is 0 Å². The van der Waals surface area contributed by atoms with Gasteiger partial charge in [-0.3, -0.25) is 4.79 Å². The first-order valence-electron chi connectivity index (χ1n) is 6.25. The summed E-state index contributed by atoms with van der Waals surface area (Å²) in [5.74, 6) is -3.00. The van der Waals surface area contributed by atoms with E-state index < -0.39 is 23.6 Å². The molecule has 4 nitrogen and oxygen atoms in total. The van der Waals surface area contributed by atoms with Crippen molar-refractivity contribution < 1.29 is 18.3 Å². The van der Waals surface area contributed by atoms with Gasteiger partial charge in [0.25, 0.3) is 5.91 Å². The summed E-state index contributed by atoms with van der Waals surface area (Å²) in [6, 6.07) is 10.2. The van der Waals surface area contributed by atoms with Gasteiger partial charge in [0, 0.05) is 0 Å². The highest BCUT2D eigenvalue weighted by Gasteiger charge is 2.18. The van der Waals surface area contributed by atoms with Crippen LogP contribution in [-0.4, -0.2) is 12.0 Å². The summed E-state index contributed by atoms with van der Waals surface area (Å²) in [5.41, 5.74) is 6.53. The highest BCUT2D eigenvalue weighted by molar-refractivity contribution is 5.96. The Balaban J connectivity index is 2.06. The van der Waals surface area contributed by atoms with Crippen LogP contribution in [0.1, 0.15) is 6.92 Å². The number of carbonyl (C=O) groups excluding carboxylic acids is 1. The summed E-state index contributed by atoms with van der Waals surface area (Å²) >= 11 is 0. The first kappa shape index (κ1) is 14.8. The molecule has 6 heteroatoms. The molecule has 2 aromatic carbocycles. The van der Waals surface area contributed by atoms with E-state index >= 15 is 0 Å². The van der Waals surface area contributed by atoms with Crippen molar-refractivity contribution in [1.29, 1.82) is 0 Å². The van der Waals surface area contributed by atoms with Crippen molar-refractivity contribution in [2.75, 3.05) is 11.1 Å². The van der Waals surface area contributed by atoms with Gasteiger partial charge in [-0.2, -0.15) is 4.39 Å². The van der Waals surface area contributed by atoms with Crippen LogP contribution in [0.25, 0.3) is 0 Å². The number of hydrogen-bond donors (Lipinski definition) is 2. The molecular formula is C15H14F2N2O2. The molecule has 21 heavy (non-hydrogen) atoms. The maximum absolute atomic E-state index is 13.5. The van der Waals surface area contributed by atoms with E-state index in [0.717, 1.165) is 6.07 Å². The number of nitrogen functional groups attached to an aromatic ring is 1. The van der Waals surface area contributed by atoms with Crippen LogP contribution in [0.3, 0.4) is 0 Å². The normalized spacial score (nSPS) is 11.8. The fraction of sp³-hybridized carbons (Fsp3) is 0.133. The van der Waals surface area contributed by atoms with Crippen LogP contribution in [0.4, 0.5) is 20.2 Å². The number of ether oxygens (including phenoxy) is 1. The van der Waals surface area contributed by atoms with Crippen molar-refractivity contribution in [1.82, 2.24) is 0 Å². The number of halogens is 2. The van der Waals surface area contributed by atoms with Gasteiger partial charge in [-0.25, -0.2) is 4.39 Å². The Kier molecular flexibility index (Phi) is 4.37. The quantitative estimate of drug-likeness (QED) is 0.852. The minimum absolute atomic E-state index is 0.321. The lowest BCUT2D eigenvalue weighted by atomic mass is 10.2. The van der Waals surface area contributed by atoms with Crippen LogP contribution in [0.2, 0.25) is 0 Å². The molecule has 1 amide bonds. The summed E-state index contributed by atoms with van der Waals surface area (Å²) in [5, 5.41) is 2.56. The monoisotopic (exact) mass is 292 g/mol. The molecule has 2 rings (SSSR count). The number of benzene rings is 2. The molecule has 0 fully saturated rings. The SMILES string of the molecule is CC(Oc1cccc(F)c1F)C(=O)Nc1ccccc1N. The van der Waals surface area contributed by atoms with E-state index in [2.05, 4.69) is 5.32 Å². The van der Waals surface area contributed by atoms with Crippen LogP contribution >= 0.6 is 0 Å². The number of nitrogens with one attached hydrogen (secondary N) is 1. The highest BCUT2D eigenvalue weighted by atomic mass is 19.2. The molecule has 0 saturated carbocycles. The van der Waals surface area contributed by atoms with Gasteiger partial charge in [-0.15, -0.1) is 0 Å². The van der Waals surface area contributed by atoms with Gasteiger partial charge in [-0.05, 0) is 31.2 Å². The van der Waals surface area contributed by atoms with E-state index in [0.29, 0.717) is 11.4 Å². The Hall–Kier alpha value is -2.63. The fourth-order valence-electron chi connectivity index (χ4n) is 1.66. The number of amides is 1. The van der Waals surface area contributed by atoms with Gasteiger partial charge < -0.3 is 15.8 Å². The van der Waals surface area contributed by atoms with Crippen molar-refractivity contribution in [3.63, 3.8) is 0 Å². The lowest BCUT2D eigenvalue weighted by Crippen LogP contribution is -2.30. The van der Waals surface area contributed by atoms with Crippen LogP contribution in [-0.2, 0) is 4.79 Å². The minimum atomic E-state index is -1.13. The molecule has 1 atom stereocenters. The number of nitrogens with two attached hydrogens (primary N) is 1. The third-order valence-corrected chi connectivity index (χ3v) is 2.81. The van der Waals surface area contributed by atoms with Crippen molar-refractivity contribution in [3.8, 4) is 5.75 Å². The number of rotatable bonds is 4. The molecule has 0 radical (unpaired) electrons. The lowest BCUT2D eigenvalue weighted by molar-refractivity contribution is -0.122. The molecular weight excluding hydrogens is 278 g/mol. The number of carbonyl (C=O) groups is 1. The molecule has 0 aliphatic rings. The molecule has 0 aliphatic carbocycles. The van der Waals surface area contributed by atoms with Crippen molar-refractivity contribution in [2.45, 2.75) is 13.0 Å². The van der Waals surface area contributed by atoms with Crippen LogP contribution in [0.15, 0.2) is 42.5 Å². The van der Waals surface area contributed by atoms with Gasteiger partial charge in [0.1, 0.15) is 0 Å². The molecule has 0 bridgehead atoms. The van der Waals surface area contributed by atoms with Gasteiger partial charge in [0.05, 0.1) is 11.4 Å². The first-order chi connectivity index (χ1) is 9.99. The zero-order valence-electron chi connectivity index (χ0n) is 11.3. The molecule has 0 saturated heterocycles. The highest BCUT2D eigenvalue weighted by Crippen LogP contribution is 2.21. The third kappa shape index (κ3) is 3.47. The van der Waals surface area contributed by atoms with Crippen molar-refractivity contribution >= 4 is 17.3 Å². The zero-order chi connectivity index (χ0) is 15.4. The van der Waals surface area contributed by atoms with E-state index in [1.165, 1.54) is 19.1 Å². The Bertz CT molecular complexity index is 662. The maximum atomic E-state index is 13.5. The molecule has 110 valence electrons. The van der Waals surface area contributed by atoms with Crippen LogP contribution in [0.5, 0.6) is 5.75 Å². The minimum Gasteiger partial charge on any atom is -0.478 e. The molecule has 0 aliphatic heterocycles. The topological polar surface area (TPSA) is 64.3 Å². The summed E-state index contributed by atoms with van der Waals surface area (Å²) in [6.45, 7) is 1.43. The second-order valence-corrected chi connectivity index (χ2v) is 4.39. The number of para-hydroxylation sites is 2. The van der Waals surface area contributed by atoms with Crippen LogP contribution in [0, 0.1) is 11.6 Å². The van der Waals surface area contributed by atoms with Gasteiger partial charge in [0.15, 0.2) is 17.7 Å². The average molecular weight is 292 g/mol. The zero-order valence-corrected chi connectivity index (χ0v) is 11.3. The predicted octanol–water partition coefficient (Wildman–Crippen LogP) is 2.95. The lowest BCUT2D eigenvalue weighted by Gasteiger charge is -2.16. The Morgan fingerprint density at radius 1 is 1.19 bits per heavy atom. The van der Waals surface area contributed by atoms with E-state index in [1.807, 2.05) is 0 Å². The maximum Gasteiger partial charge on any atom is 0.265 e. The van der Waals surface area contributed by atoms with E-state index in [4.69, 9.17) is 10.5 Å². The van der Waals surface area contributed by atoms with E-state index in [1.54, 1.807) is 24.3 Å². The standard InChI is InChI=1S/C15H14F2N2O2/c1-9(21-13-8-4-5-10(16)14(13)17)15(20)19-12-7-3-2-6-11(12)18/h2-9H,18H2,1H3,(H,19,20). The Morgan fingerprint density at radius 2 is 1.90 bits per heavy atom. The molecule has 0 aromatic heterocycles. The van der Waals surface area contributed by atoms with Crippen molar-refractivity contribution in [3.05, 3.63) is 54.1 Å². The number of anilines is 2. The Labute approximate surface area is 120 Å². The van der Waals surface area contributed by atoms with Crippen LogP contribution < -0.4 is 15.8 Å². The summed E-state index contributed by atoms with van der Waals surface area (Å²) < 4.78 is 31.7. The first-order valence-corrected chi connectivity index (χ1v) is 6.25. The molecule has 1 unspecified atom stereocenters. The fourth-order valence-corrected chi connectivity index (χ4v) is 1.66. The Morgan fingerprint density at radius 3 is 2.62 bits per heavy atom. The van der Waals surface area contributed by atoms with Crippen molar-refractivity contribution in [2.24, 2.45) is 0 Å². The smallest absolute Gasteiger partial charge is 0.265 e. The molecule has 0 heterocycles. The van der Waals surface area contributed by atoms with E-state index in [-0.39, 0.29) is 5.75 Å². The molecule has 3 N–H and O–H groups in total. The second kappa shape index (κ2) is 6.21.